The Morgan fingerprint density at radius 2 is 1.95 bits per heavy atom. The molecule has 2 N–H and O–H groups in total. The van der Waals surface area contributed by atoms with E-state index >= 15 is 0 Å². The number of carbonyl (C=O) groups excluding carboxylic acids is 1. The zero-order chi connectivity index (χ0) is 16.0. The van der Waals surface area contributed by atoms with Crippen molar-refractivity contribution in [3.63, 3.8) is 0 Å². The van der Waals surface area contributed by atoms with Crippen molar-refractivity contribution in [2.24, 2.45) is 5.41 Å². The summed E-state index contributed by atoms with van der Waals surface area (Å²) in [5, 5.41) is 12.1. The average molecular weight is 295 g/mol. The number of benzene rings is 1. The fourth-order valence-corrected chi connectivity index (χ4v) is 2.37. The average Bonchev–Trinajstić information content (AvgIpc) is 2.37. The predicted octanol–water partition coefficient (Wildman–Crippen LogP) is 3.23. The summed E-state index contributed by atoms with van der Waals surface area (Å²) in [5.74, 6) is -0.569. The Kier molecular flexibility index (Phi) is 6.34. The molecular formula is C17H26FNO2. The van der Waals surface area contributed by atoms with Gasteiger partial charge >= 0.3 is 0 Å². The Morgan fingerprint density at radius 3 is 2.48 bits per heavy atom. The van der Waals surface area contributed by atoms with Gasteiger partial charge in [0, 0.05) is 19.1 Å². The first kappa shape index (κ1) is 17.6. The first-order chi connectivity index (χ1) is 9.75. The van der Waals surface area contributed by atoms with Crippen LogP contribution in [-0.4, -0.2) is 23.7 Å². The van der Waals surface area contributed by atoms with Gasteiger partial charge in [-0.15, -0.1) is 0 Å². The van der Waals surface area contributed by atoms with Crippen molar-refractivity contribution < 1.29 is 14.3 Å². The molecule has 0 saturated heterocycles. The van der Waals surface area contributed by atoms with E-state index in [4.69, 9.17) is 5.11 Å². The second-order valence-electron chi connectivity index (χ2n) is 6.63. The number of carbonyl (C=O) groups is 1. The summed E-state index contributed by atoms with van der Waals surface area (Å²) >= 11 is 0. The lowest BCUT2D eigenvalue weighted by Crippen LogP contribution is -2.44. The van der Waals surface area contributed by atoms with Gasteiger partial charge in [0.1, 0.15) is 5.82 Å². The second-order valence-corrected chi connectivity index (χ2v) is 6.63. The zero-order valence-electron chi connectivity index (χ0n) is 13.3. The first-order valence-corrected chi connectivity index (χ1v) is 7.40. The number of hydrogen-bond donors (Lipinski definition) is 2. The summed E-state index contributed by atoms with van der Waals surface area (Å²) in [6.45, 7) is 7.94. The van der Waals surface area contributed by atoms with Gasteiger partial charge in [-0.05, 0) is 29.4 Å². The molecule has 0 aliphatic rings. The molecule has 0 heterocycles. The molecular weight excluding hydrogens is 269 g/mol. The molecule has 0 saturated carbocycles. The summed E-state index contributed by atoms with van der Waals surface area (Å²) in [4.78, 5) is 12.2. The number of rotatable bonds is 6. The Balaban J connectivity index is 2.66. The maximum atomic E-state index is 13.7. The number of aliphatic hydroxyl groups excluding tert-OH is 1. The SMILES string of the molecule is CC(CC(=O)NC(CCO)C(C)(C)C)c1ccccc1F. The highest BCUT2D eigenvalue weighted by Gasteiger charge is 2.26. The van der Waals surface area contributed by atoms with E-state index in [9.17, 15) is 9.18 Å². The van der Waals surface area contributed by atoms with Crippen molar-refractivity contribution >= 4 is 5.91 Å². The Bertz CT molecular complexity index is 468. The topological polar surface area (TPSA) is 49.3 Å². The quantitative estimate of drug-likeness (QED) is 0.846. The van der Waals surface area contributed by atoms with E-state index in [1.807, 2.05) is 27.7 Å². The standard InChI is InChI=1S/C17H26FNO2/c1-12(13-7-5-6-8-14(13)18)11-16(21)19-15(9-10-20)17(2,3)4/h5-8,12,15,20H,9-11H2,1-4H3,(H,19,21). The van der Waals surface area contributed by atoms with Gasteiger partial charge < -0.3 is 10.4 Å². The maximum absolute atomic E-state index is 13.7. The van der Waals surface area contributed by atoms with Crippen LogP contribution in [0.3, 0.4) is 0 Å². The molecule has 2 atom stereocenters. The largest absolute Gasteiger partial charge is 0.396 e. The van der Waals surface area contributed by atoms with Crippen molar-refractivity contribution in [3.8, 4) is 0 Å². The van der Waals surface area contributed by atoms with E-state index in [1.54, 1.807) is 18.2 Å². The summed E-state index contributed by atoms with van der Waals surface area (Å²) in [6, 6.07) is 6.44. The summed E-state index contributed by atoms with van der Waals surface area (Å²) in [6.07, 6.45) is 0.752. The van der Waals surface area contributed by atoms with Gasteiger partial charge in [-0.2, -0.15) is 0 Å². The predicted molar refractivity (Wildman–Crippen MR) is 82.5 cm³/mol. The van der Waals surface area contributed by atoms with Crippen molar-refractivity contribution in [1.82, 2.24) is 5.32 Å². The van der Waals surface area contributed by atoms with E-state index in [1.165, 1.54) is 6.07 Å². The third-order valence-corrected chi connectivity index (χ3v) is 3.73. The van der Waals surface area contributed by atoms with Gasteiger partial charge in [0.05, 0.1) is 0 Å². The third-order valence-electron chi connectivity index (χ3n) is 3.73. The van der Waals surface area contributed by atoms with E-state index in [0.29, 0.717) is 12.0 Å². The van der Waals surface area contributed by atoms with Crippen molar-refractivity contribution in [2.75, 3.05) is 6.61 Å². The van der Waals surface area contributed by atoms with Crippen molar-refractivity contribution in [2.45, 2.75) is 52.5 Å². The molecule has 3 nitrogen and oxygen atoms in total. The van der Waals surface area contributed by atoms with Crippen LogP contribution in [0.15, 0.2) is 24.3 Å². The monoisotopic (exact) mass is 295 g/mol. The Hall–Kier alpha value is -1.42. The molecule has 1 amide bonds. The minimum absolute atomic E-state index is 0.0328. The lowest BCUT2D eigenvalue weighted by Gasteiger charge is -2.31. The molecule has 0 radical (unpaired) electrons. The van der Waals surface area contributed by atoms with Crippen LogP contribution < -0.4 is 5.32 Å². The maximum Gasteiger partial charge on any atom is 0.220 e. The number of amides is 1. The summed E-state index contributed by atoms with van der Waals surface area (Å²) < 4.78 is 13.7. The van der Waals surface area contributed by atoms with E-state index in [0.717, 1.165) is 0 Å². The normalized spacial score (nSPS) is 14.6. The van der Waals surface area contributed by atoms with Gasteiger partial charge in [0.2, 0.25) is 5.91 Å². The highest BCUT2D eigenvalue weighted by atomic mass is 19.1. The lowest BCUT2D eigenvalue weighted by atomic mass is 9.84. The lowest BCUT2D eigenvalue weighted by molar-refractivity contribution is -0.123. The molecule has 1 aromatic carbocycles. The third kappa shape index (κ3) is 5.46. The first-order valence-electron chi connectivity index (χ1n) is 7.40. The molecule has 0 aliphatic carbocycles. The van der Waals surface area contributed by atoms with Gasteiger partial charge in [-0.1, -0.05) is 45.9 Å². The van der Waals surface area contributed by atoms with Gasteiger partial charge in [-0.25, -0.2) is 4.39 Å². The molecule has 21 heavy (non-hydrogen) atoms. The van der Waals surface area contributed by atoms with Crippen LogP contribution in [0.2, 0.25) is 0 Å². The fourth-order valence-electron chi connectivity index (χ4n) is 2.37. The van der Waals surface area contributed by atoms with Crippen LogP contribution in [0.1, 0.15) is 52.0 Å². The Morgan fingerprint density at radius 1 is 1.33 bits per heavy atom. The van der Waals surface area contributed by atoms with Crippen LogP contribution in [-0.2, 0) is 4.79 Å². The number of aliphatic hydroxyl groups is 1. The second kappa shape index (κ2) is 7.55. The molecule has 118 valence electrons. The number of nitrogens with one attached hydrogen (secondary N) is 1. The van der Waals surface area contributed by atoms with E-state index in [2.05, 4.69) is 5.32 Å². The molecule has 0 spiro atoms. The molecule has 0 aromatic heterocycles. The summed E-state index contributed by atoms with van der Waals surface area (Å²) in [5.41, 5.74) is 0.432. The van der Waals surface area contributed by atoms with E-state index in [-0.39, 0.29) is 42.1 Å². The van der Waals surface area contributed by atoms with Gasteiger partial charge in [0.15, 0.2) is 0 Å². The number of halogens is 1. The van der Waals surface area contributed by atoms with Gasteiger partial charge in [0.25, 0.3) is 0 Å². The Labute approximate surface area is 126 Å². The minimum Gasteiger partial charge on any atom is -0.396 e. The smallest absolute Gasteiger partial charge is 0.220 e. The van der Waals surface area contributed by atoms with Crippen molar-refractivity contribution in [3.05, 3.63) is 35.6 Å². The fraction of sp³-hybridized carbons (Fsp3) is 0.588. The van der Waals surface area contributed by atoms with Crippen LogP contribution in [0.25, 0.3) is 0 Å². The summed E-state index contributed by atoms with van der Waals surface area (Å²) in [7, 11) is 0. The molecule has 1 rings (SSSR count). The van der Waals surface area contributed by atoms with Gasteiger partial charge in [-0.3, -0.25) is 4.79 Å². The highest BCUT2D eigenvalue weighted by molar-refractivity contribution is 5.77. The molecule has 0 aliphatic heterocycles. The van der Waals surface area contributed by atoms with Crippen molar-refractivity contribution in [1.29, 1.82) is 0 Å². The molecule has 1 aromatic rings. The van der Waals surface area contributed by atoms with Crippen LogP contribution in [0.4, 0.5) is 4.39 Å². The molecule has 4 heteroatoms. The van der Waals surface area contributed by atoms with Crippen LogP contribution in [0, 0.1) is 11.2 Å². The highest BCUT2D eigenvalue weighted by Crippen LogP contribution is 2.24. The molecule has 0 bridgehead atoms. The molecule has 0 fully saturated rings. The van der Waals surface area contributed by atoms with Crippen LogP contribution in [0.5, 0.6) is 0 Å². The molecule has 2 unspecified atom stereocenters. The van der Waals surface area contributed by atoms with E-state index < -0.39 is 0 Å². The minimum atomic E-state index is -0.277. The van der Waals surface area contributed by atoms with Crippen LogP contribution >= 0.6 is 0 Å². The number of hydrogen-bond acceptors (Lipinski definition) is 2. The zero-order valence-corrected chi connectivity index (χ0v) is 13.3.